The number of anilines is 2. The van der Waals surface area contributed by atoms with E-state index in [1.807, 2.05) is 109 Å². The van der Waals surface area contributed by atoms with Crippen molar-refractivity contribution in [2.75, 3.05) is 49.1 Å². The zero-order valence-corrected chi connectivity index (χ0v) is 55.8. The van der Waals surface area contributed by atoms with E-state index in [9.17, 15) is 9.59 Å². The van der Waals surface area contributed by atoms with Crippen molar-refractivity contribution in [1.29, 1.82) is 0 Å². The molecule has 1 amide bonds. The molecular weight excluding hydrogens is 1340 g/mol. The minimum Gasteiger partial charge on any atom is -0.445 e. The van der Waals surface area contributed by atoms with Gasteiger partial charge in [-0.2, -0.15) is 15.3 Å². The Morgan fingerprint density at radius 3 is 1.36 bits per heavy atom. The molecule has 480 valence electrons. The van der Waals surface area contributed by atoms with Gasteiger partial charge in [0.05, 0.1) is 41.9 Å². The molecule has 14 rings (SSSR count). The number of nitrogens with zero attached hydrogens (tertiary/aromatic N) is 13. The first-order valence-electron chi connectivity index (χ1n) is 29.6. The number of nitrogens with two attached hydrogens (primary N) is 1. The Bertz CT molecular complexity index is 4570. The molecule has 94 heavy (non-hydrogen) atoms. The predicted octanol–water partition coefficient (Wildman–Crippen LogP) is 15.4. The number of rotatable bonds is 12. The number of aromatic nitrogens is 14. The van der Waals surface area contributed by atoms with Gasteiger partial charge in [-0.3, -0.25) is 20.1 Å². The van der Waals surface area contributed by atoms with Crippen molar-refractivity contribution < 1.29 is 14.3 Å². The highest BCUT2D eigenvalue weighted by Gasteiger charge is 2.32. The fourth-order valence-electron chi connectivity index (χ4n) is 10.3. The second-order valence-electron chi connectivity index (χ2n) is 22.9. The fraction of sp³-hybridized carbons (Fsp3) is 0.227. The third-order valence-corrected chi connectivity index (χ3v) is 17.7. The molecule has 21 nitrogen and oxygen atoms in total. The molecule has 0 aliphatic carbocycles. The molecule has 2 aliphatic rings. The van der Waals surface area contributed by atoms with E-state index in [1.165, 1.54) is 12.4 Å². The molecule has 9 heterocycles. The summed E-state index contributed by atoms with van der Waals surface area (Å²) in [6.45, 7) is 9.57. The molecule has 5 aromatic carbocycles. The van der Waals surface area contributed by atoms with Crippen LogP contribution in [-0.4, -0.2) is 122 Å². The molecule has 7 aromatic heterocycles. The van der Waals surface area contributed by atoms with Crippen LogP contribution in [0.15, 0.2) is 152 Å². The maximum Gasteiger partial charge on any atom is 0.407 e. The lowest BCUT2D eigenvalue weighted by Gasteiger charge is -2.39. The van der Waals surface area contributed by atoms with Gasteiger partial charge in [0.15, 0.2) is 5.15 Å². The average molecular weight is 1400 g/mol. The highest BCUT2D eigenvalue weighted by Crippen LogP contribution is 2.35. The van der Waals surface area contributed by atoms with Crippen LogP contribution in [0.4, 0.5) is 16.4 Å². The number of nitrogens with one attached hydrogen (secondary N) is 4. The van der Waals surface area contributed by atoms with E-state index in [2.05, 4.69) is 89.5 Å². The van der Waals surface area contributed by atoms with Gasteiger partial charge < -0.3 is 25.6 Å². The van der Waals surface area contributed by atoms with Crippen LogP contribution < -0.4 is 20.9 Å². The quantitative estimate of drug-likeness (QED) is 0.0711. The Balaban J connectivity index is 0.000000134. The summed E-state index contributed by atoms with van der Waals surface area (Å²) in [6, 6.07) is 38.7. The number of benzene rings is 5. The Kier molecular flexibility index (Phi) is 21.5. The van der Waals surface area contributed by atoms with Crippen LogP contribution in [0.3, 0.4) is 0 Å². The minimum atomic E-state index is -0.385. The standard InChI is InChI=1S/C26H27ClN6O2.C18H21ClN6.C11H5Cl3N2O.C11H6Cl2N4/c1-26(17-29-25(34)35-16-18-5-3-2-4-6-18)11-13-33(14-12-26)21-15-28-23-22(31-32-24(23)30-21)19-7-9-20(27)10-8-19;1-18(11-20)6-8-25(9-7-18)14-10-21-16-15(23-24-17(16)22-14)12-2-4-13(19)5-3-12;12-7-3-1-6(2-4-7)10(17)9-11(14)16-8(13)5-15-9;12-7-3-1-6(2-4-7)9-10-11(17-16-9)15-8(13)5-14-10/h2-10,15H,11-14,16-17H2,1H3,(H,29,34)(H,30,31,32);2-5,10H,6-9,11,20H2,1H3,(H,22,23,24);1-5H;1-5H,(H,15,16,17). The zero-order chi connectivity index (χ0) is 65.9. The van der Waals surface area contributed by atoms with E-state index in [0.29, 0.717) is 59.8 Å². The number of carbonyl (C=O) groups excluding carboxylic acids is 2. The molecule has 12 aromatic rings. The van der Waals surface area contributed by atoms with E-state index in [0.717, 1.165) is 120 Å². The van der Waals surface area contributed by atoms with Crippen LogP contribution in [0.1, 0.15) is 61.1 Å². The second-order valence-corrected chi connectivity index (χ2v) is 25.7. The lowest BCUT2D eigenvalue weighted by molar-refractivity contribution is 0.103. The number of fused-ring (bicyclic) bond motifs is 3. The number of hydrogen-bond acceptors (Lipinski definition) is 17. The van der Waals surface area contributed by atoms with E-state index in [1.54, 1.807) is 30.5 Å². The van der Waals surface area contributed by atoms with Crippen LogP contribution in [0.5, 0.6) is 0 Å². The highest BCUT2D eigenvalue weighted by molar-refractivity contribution is 6.35. The number of halogens is 7. The summed E-state index contributed by atoms with van der Waals surface area (Å²) in [5, 5.41) is 27.8. The number of ether oxygens (including phenoxy) is 1. The summed E-state index contributed by atoms with van der Waals surface area (Å²) < 4.78 is 5.34. The van der Waals surface area contributed by atoms with Crippen molar-refractivity contribution in [3.8, 4) is 33.8 Å². The van der Waals surface area contributed by atoms with Gasteiger partial charge in [0.2, 0.25) is 22.7 Å². The number of hydrogen-bond donors (Lipinski definition) is 5. The number of amides is 1. The van der Waals surface area contributed by atoms with Gasteiger partial charge in [0, 0.05) is 75.1 Å². The molecule has 0 radical (unpaired) electrons. The molecule has 0 unspecified atom stereocenters. The molecule has 0 spiro atoms. The Hall–Kier alpha value is -8.64. The first-order chi connectivity index (χ1) is 45.4. The van der Waals surface area contributed by atoms with Crippen molar-refractivity contribution in [1.82, 2.24) is 75.8 Å². The topological polar surface area (TPSA) is 277 Å². The zero-order valence-electron chi connectivity index (χ0n) is 50.5. The number of ketones is 1. The highest BCUT2D eigenvalue weighted by atomic mass is 35.5. The Morgan fingerprint density at radius 1 is 0.511 bits per heavy atom. The number of alkyl carbamates (subject to hydrolysis) is 1. The molecule has 2 aliphatic heterocycles. The van der Waals surface area contributed by atoms with Crippen LogP contribution >= 0.6 is 81.2 Å². The maximum atomic E-state index is 12.2. The van der Waals surface area contributed by atoms with Crippen LogP contribution in [0.2, 0.25) is 35.5 Å². The molecule has 28 heteroatoms. The summed E-state index contributed by atoms with van der Waals surface area (Å²) in [7, 11) is 0. The van der Waals surface area contributed by atoms with Crippen LogP contribution in [0.25, 0.3) is 67.3 Å². The average Bonchev–Trinajstić information content (AvgIpc) is 1.63. The Morgan fingerprint density at radius 2 is 0.915 bits per heavy atom. The van der Waals surface area contributed by atoms with Gasteiger partial charge in [0.1, 0.15) is 50.8 Å². The second kappa shape index (κ2) is 30.2. The van der Waals surface area contributed by atoms with Gasteiger partial charge in [-0.05, 0) is 109 Å². The summed E-state index contributed by atoms with van der Waals surface area (Å²) in [6.07, 6.45) is 10.0. The first kappa shape index (κ1) is 66.8. The smallest absolute Gasteiger partial charge is 0.407 e. The van der Waals surface area contributed by atoms with E-state index < -0.39 is 0 Å². The van der Waals surface area contributed by atoms with Gasteiger partial charge in [0.25, 0.3) is 0 Å². The van der Waals surface area contributed by atoms with E-state index in [4.69, 9.17) is 102 Å². The number of piperidine rings is 2. The fourth-order valence-corrected chi connectivity index (χ4v) is 11.4. The van der Waals surface area contributed by atoms with Crippen molar-refractivity contribution in [3.05, 3.63) is 205 Å². The number of carbonyl (C=O) groups is 2. The van der Waals surface area contributed by atoms with E-state index in [-0.39, 0.29) is 45.3 Å². The molecule has 2 fully saturated rings. The molecule has 0 saturated carbocycles. The van der Waals surface area contributed by atoms with Crippen molar-refractivity contribution in [3.63, 3.8) is 0 Å². The molecular formula is C66H59Cl7N18O3. The predicted molar refractivity (Wildman–Crippen MR) is 371 cm³/mol. The van der Waals surface area contributed by atoms with Crippen LogP contribution in [-0.2, 0) is 11.3 Å². The van der Waals surface area contributed by atoms with E-state index >= 15 is 0 Å². The molecule has 6 N–H and O–H groups in total. The van der Waals surface area contributed by atoms with Crippen molar-refractivity contribution in [2.45, 2.75) is 46.1 Å². The summed E-state index contributed by atoms with van der Waals surface area (Å²) in [5.74, 6) is 1.36. The lowest BCUT2D eigenvalue weighted by Crippen LogP contribution is -2.45. The van der Waals surface area contributed by atoms with Gasteiger partial charge in [-0.25, -0.2) is 44.7 Å². The summed E-state index contributed by atoms with van der Waals surface area (Å²) in [4.78, 5) is 63.3. The van der Waals surface area contributed by atoms with Crippen molar-refractivity contribution in [2.24, 2.45) is 16.6 Å². The lowest BCUT2D eigenvalue weighted by atomic mass is 9.80. The van der Waals surface area contributed by atoms with Gasteiger partial charge in [-0.15, -0.1) is 0 Å². The van der Waals surface area contributed by atoms with Crippen LogP contribution in [0, 0.1) is 10.8 Å². The number of H-pyrrole nitrogens is 3. The van der Waals surface area contributed by atoms with Gasteiger partial charge in [-0.1, -0.05) is 162 Å². The molecule has 2 saturated heterocycles. The molecule has 0 bridgehead atoms. The number of aromatic amines is 3. The SMILES string of the molecule is CC1(CN)CCN(c2cnc3c(-c4ccc(Cl)cc4)[nH]nc3n2)CC1.CC1(CNC(=O)OCc2ccccc2)CCN(c2cnc3c(-c4ccc(Cl)cc4)[nH]nc3n2)CC1.Clc1ccc(-c2[nH]nc3nc(Cl)cnc23)cc1.O=C(c1ccc(Cl)cc1)c1ncc(Cl)nc1Cl. The van der Waals surface area contributed by atoms with Gasteiger partial charge >= 0.3 is 6.09 Å². The minimum absolute atomic E-state index is 0.00607. The van der Waals surface area contributed by atoms with Crippen molar-refractivity contribution >= 4 is 138 Å². The largest absolute Gasteiger partial charge is 0.445 e. The third-order valence-electron chi connectivity index (χ3n) is 16.1. The normalized spacial score (nSPS) is 14.1. The molecule has 0 atom stereocenters. The Labute approximate surface area is 574 Å². The summed E-state index contributed by atoms with van der Waals surface area (Å²) in [5.41, 5.74) is 16.9. The third kappa shape index (κ3) is 16.6. The maximum absolute atomic E-state index is 12.2. The monoisotopic (exact) mass is 1400 g/mol. The summed E-state index contributed by atoms with van der Waals surface area (Å²) >= 11 is 40.7. The first-order valence-corrected chi connectivity index (χ1v) is 32.2.